The van der Waals surface area contributed by atoms with Crippen LogP contribution in [0.3, 0.4) is 0 Å². The van der Waals surface area contributed by atoms with Crippen molar-refractivity contribution in [3.8, 4) is 0 Å². The molecular formula is C14H8Cl2FN3O2S. The van der Waals surface area contributed by atoms with Gasteiger partial charge in [-0.1, -0.05) is 35.3 Å². The van der Waals surface area contributed by atoms with Crippen molar-refractivity contribution in [2.75, 3.05) is 4.72 Å². The fourth-order valence-electron chi connectivity index (χ4n) is 1.92. The van der Waals surface area contributed by atoms with Crippen LogP contribution in [0.2, 0.25) is 10.2 Å². The van der Waals surface area contributed by atoms with E-state index in [-0.39, 0.29) is 20.9 Å². The second kappa shape index (κ2) is 5.92. The molecular weight excluding hydrogens is 364 g/mol. The van der Waals surface area contributed by atoms with Crippen LogP contribution in [0.5, 0.6) is 0 Å². The summed E-state index contributed by atoms with van der Waals surface area (Å²) in [6.07, 6.45) is 0. The number of halogens is 3. The van der Waals surface area contributed by atoms with Crippen molar-refractivity contribution in [1.82, 2.24) is 9.97 Å². The van der Waals surface area contributed by atoms with Gasteiger partial charge in [0, 0.05) is 0 Å². The smallest absolute Gasteiger partial charge is 0.261 e. The Balaban J connectivity index is 2.05. The fraction of sp³-hybridized carbons (Fsp3) is 0. The molecule has 1 aromatic heterocycles. The molecule has 118 valence electrons. The molecule has 1 N–H and O–H groups in total. The van der Waals surface area contributed by atoms with Crippen LogP contribution >= 0.6 is 23.2 Å². The van der Waals surface area contributed by atoms with Crippen molar-refractivity contribution in [2.24, 2.45) is 0 Å². The van der Waals surface area contributed by atoms with Crippen LogP contribution < -0.4 is 4.72 Å². The summed E-state index contributed by atoms with van der Waals surface area (Å²) < 4.78 is 40.0. The number of hydrogen-bond donors (Lipinski definition) is 1. The minimum Gasteiger partial charge on any atom is -0.261 e. The van der Waals surface area contributed by atoms with Gasteiger partial charge < -0.3 is 0 Å². The van der Waals surface area contributed by atoms with E-state index in [2.05, 4.69) is 14.7 Å². The Hall–Kier alpha value is -1.96. The summed E-state index contributed by atoms with van der Waals surface area (Å²) in [5, 5.41) is -0.354. The van der Waals surface area contributed by atoms with Crippen LogP contribution in [-0.2, 0) is 10.0 Å². The number of para-hydroxylation sites is 2. The van der Waals surface area contributed by atoms with E-state index in [0.29, 0.717) is 11.0 Å². The maximum atomic E-state index is 13.1. The van der Waals surface area contributed by atoms with E-state index in [1.807, 2.05) is 0 Å². The molecule has 0 radical (unpaired) electrons. The largest absolute Gasteiger partial charge is 0.264 e. The lowest BCUT2D eigenvalue weighted by Crippen LogP contribution is -2.15. The van der Waals surface area contributed by atoms with E-state index in [9.17, 15) is 12.8 Å². The third-order valence-corrected chi connectivity index (χ3v) is 5.03. The molecule has 0 saturated carbocycles. The zero-order valence-electron chi connectivity index (χ0n) is 11.3. The molecule has 5 nitrogen and oxygen atoms in total. The highest BCUT2D eigenvalue weighted by molar-refractivity contribution is 7.92. The first kappa shape index (κ1) is 15.9. The summed E-state index contributed by atoms with van der Waals surface area (Å²) in [4.78, 5) is 7.92. The van der Waals surface area contributed by atoms with E-state index in [1.54, 1.807) is 24.3 Å². The van der Waals surface area contributed by atoms with Crippen LogP contribution in [0, 0.1) is 5.82 Å². The minimum absolute atomic E-state index is 0.106. The molecule has 3 aromatic rings. The lowest BCUT2D eigenvalue weighted by Gasteiger charge is -2.10. The van der Waals surface area contributed by atoms with Crippen molar-refractivity contribution < 1.29 is 12.8 Å². The monoisotopic (exact) mass is 371 g/mol. The number of rotatable bonds is 3. The van der Waals surface area contributed by atoms with Gasteiger partial charge in [-0.3, -0.25) is 4.72 Å². The molecule has 3 rings (SSSR count). The maximum absolute atomic E-state index is 13.1. The predicted molar refractivity (Wildman–Crippen MR) is 86.8 cm³/mol. The molecule has 0 fully saturated rings. The number of nitrogens with one attached hydrogen (secondary N) is 1. The molecule has 0 unspecified atom stereocenters. The van der Waals surface area contributed by atoms with Gasteiger partial charge in [-0.15, -0.1) is 0 Å². The zero-order chi connectivity index (χ0) is 16.6. The second-order valence-electron chi connectivity index (χ2n) is 4.53. The van der Waals surface area contributed by atoms with Crippen molar-refractivity contribution in [3.05, 3.63) is 58.5 Å². The Morgan fingerprint density at radius 3 is 2.30 bits per heavy atom. The first-order valence-electron chi connectivity index (χ1n) is 6.27. The predicted octanol–water partition coefficient (Wildman–Crippen LogP) is 3.88. The van der Waals surface area contributed by atoms with Gasteiger partial charge in [-0.05, 0) is 30.3 Å². The maximum Gasteiger partial charge on any atom is 0.264 e. The molecule has 0 amide bonds. The standard InChI is InChI=1S/C14H8Cl2FN3O2S/c15-9-7-8(17)5-6-12(9)23(21,22)20-14-13(16)18-10-3-1-2-4-11(10)19-14/h1-7H,(H,19,20). The Bertz CT molecular complexity index is 1010. The van der Waals surface area contributed by atoms with Crippen LogP contribution in [-0.4, -0.2) is 18.4 Å². The molecule has 2 aromatic carbocycles. The molecule has 0 aliphatic carbocycles. The highest BCUT2D eigenvalue weighted by atomic mass is 35.5. The number of anilines is 1. The molecule has 1 heterocycles. The summed E-state index contributed by atoms with van der Waals surface area (Å²) in [6, 6.07) is 9.82. The highest BCUT2D eigenvalue weighted by Crippen LogP contribution is 2.27. The van der Waals surface area contributed by atoms with Crippen molar-refractivity contribution in [1.29, 1.82) is 0 Å². The fourth-order valence-corrected chi connectivity index (χ4v) is 3.70. The Morgan fingerprint density at radius 2 is 1.65 bits per heavy atom. The Labute approximate surface area is 141 Å². The third-order valence-electron chi connectivity index (χ3n) is 2.94. The Kier molecular flexibility index (Phi) is 4.09. The van der Waals surface area contributed by atoms with E-state index in [1.165, 1.54) is 0 Å². The topological polar surface area (TPSA) is 72.0 Å². The van der Waals surface area contributed by atoms with E-state index in [4.69, 9.17) is 23.2 Å². The van der Waals surface area contributed by atoms with Crippen molar-refractivity contribution in [3.63, 3.8) is 0 Å². The summed E-state index contributed by atoms with van der Waals surface area (Å²) >= 11 is 11.8. The second-order valence-corrected chi connectivity index (χ2v) is 6.95. The number of benzene rings is 2. The van der Waals surface area contributed by atoms with E-state index >= 15 is 0 Å². The van der Waals surface area contributed by atoms with Crippen molar-refractivity contribution in [2.45, 2.75) is 4.90 Å². The first-order chi connectivity index (χ1) is 10.9. The highest BCUT2D eigenvalue weighted by Gasteiger charge is 2.21. The first-order valence-corrected chi connectivity index (χ1v) is 8.51. The molecule has 0 saturated heterocycles. The van der Waals surface area contributed by atoms with Crippen LogP contribution in [0.4, 0.5) is 10.2 Å². The third kappa shape index (κ3) is 3.21. The molecule has 23 heavy (non-hydrogen) atoms. The summed E-state index contributed by atoms with van der Waals surface area (Å²) in [5.74, 6) is -0.775. The molecule has 0 atom stereocenters. The van der Waals surface area contributed by atoms with E-state index < -0.39 is 15.8 Å². The molecule has 0 spiro atoms. The van der Waals surface area contributed by atoms with Gasteiger partial charge in [-0.2, -0.15) is 0 Å². The normalized spacial score (nSPS) is 11.6. The Morgan fingerprint density at radius 1 is 1.00 bits per heavy atom. The quantitative estimate of drug-likeness (QED) is 0.758. The summed E-state index contributed by atoms with van der Waals surface area (Å²) in [6.45, 7) is 0. The lowest BCUT2D eigenvalue weighted by atomic mass is 10.3. The van der Waals surface area contributed by atoms with Gasteiger partial charge >= 0.3 is 0 Å². The average molecular weight is 372 g/mol. The van der Waals surface area contributed by atoms with Crippen LogP contribution in [0.1, 0.15) is 0 Å². The van der Waals surface area contributed by atoms with Gasteiger partial charge in [0.1, 0.15) is 10.7 Å². The van der Waals surface area contributed by atoms with Crippen molar-refractivity contribution >= 4 is 50.1 Å². The SMILES string of the molecule is O=S(=O)(Nc1nc2ccccc2nc1Cl)c1ccc(F)cc1Cl. The van der Waals surface area contributed by atoms with Crippen LogP contribution in [0.15, 0.2) is 47.4 Å². The van der Waals surface area contributed by atoms with Gasteiger partial charge in [0.2, 0.25) is 0 Å². The van der Waals surface area contributed by atoms with Crippen LogP contribution in [0.25, 0.3) is 11.0 Å². The van der Waals surface area contributed by atoms with Gasteiger partial charge in [0.25, 0.3) is 10.0 Å². The molecule has 9 heteroatoms. The number of aromatic nitrogens is 2. The zero-order valence-corrected chi connectivity index (χ0v) is 13.6. The number of sulfonamides is 1. The van der Waals surface area contributed by atoms with Gasteiger partial charge in [0.05, 0.1) is 16.1 Å². The summed E-state index contributed by atoms with van der Waals surface area (Å²) in [5.41, 5.74) is 1.00. The van der Waals surface area contributed by atoms with Gasteiger partial charge in [-0.25, -0.2) is 22.8 Å². The molecule has 0 aliphatic heterocycles. The molecule has 0 aliphatic rings. The number of hydrogen-bond acceptors (Lipinski definition) is 4. The van der Waals surface area contributed by atoms with E-state index in [0.717, 1.165) is 18.2 Å². The average Bonchev–Trinajstić information content (AvgIpc) is 2.47. The lowest BCUT2D eigenvalue weighted by molar-refractivity contribution is 0.599. The minimum atomic E-state index is -4.09. The van der Waals surface area contributed by atoms with Gasteiger partial charge in [0.15, 0.2) is 11.0 Å². The summed E-state index contributed by atoms with van der Waals surface area (Å²) in [7, 11) is -4.09. The molecule has 0 bridgehead atoms. The number of nitrogens with zero attached hydrogens (tertiary/aromatic N) is 2. The number of fused-ring (bicyclic) bond motifs is 1.